The lowest BCUT2D eigenvalue weighted by Crippen LogP contribution is -2.27. The Morgan fingerprint density at radius 2 is 2.29 bits per heavy atom. The van der Waals surface area contributed by atoms with Gasteiger partial charge in [-0.15, -0.1) is 0 Å². The maximum atomic E-state index is 8.97. The SMILES string of the molecule is [B]C1CC(OP(O)(O)=S)C(COC)O1. The maximum Gasteiger partial charge on any atom is 0.322 e. The van der Waals surface area contributed by atoms with Crippen molar-refractivity contribution in [3.63, 3.8) is 0 Å². The minimum atomic E-state index is -3.66. The average molecular weight is 238 g/mol. The molecule has 1 heterocycles. The van der Waals surface area contributed by atoms with Gasteiger partial charge in [0.05, 0.1) is 12.7 Å². The number of rotatable bonds is 4. The van der Waals surface area contributed by atoms with Crippen molar-refractivity contribution >= 4 is 26.4 Å². The molecule has 14 heavy (non-hydrogen) atoms. The van der Waals surface area contributed by atoms with Crippen molar-refractivity contribution in [2.75, 3.05) is 13.7 Å². The van der Waals surface area contributed by atoms with E-state index in [2.05, 4.69) is 11.8 Å². The minimum Gasteiger partial charge on any atom is -0.382 e. The molecule has 2 radical (unpaired) electrons. The molecule has 80 valence electrons. The Hall–Kier alpha value is 0.515. The fraction of sp³-hybridized carbons (Fsp3) is 1.00. The van der Waals surface area contributed by atoms with Crippen molar-refractivity contribution in [1.82, 2.24) is 0 Å². The summed E-state index contributed by atoms with van der Waals surface area (Å²) in [7, 11) is 7.03. The first-order valence-corrected chi connectivity index (χ1v) is 6.69. The third-order valence-corrected chi connectivity index (χ3v) is 2.64. The molecule has 3 unspecified atom stereocenters. The summed E-state index contributed by atoms with van der Waals surface area (Å²) in [5.74, 6) is 0. The molecule has 1 aliphatic heterocycles. The van der Waals surface area contributed by atoms with Gasteiger partial charge in [-0.05, 0) is 18.2 Å². The second-order valence-electron chi connectivity index (χ2n) is 3.04. The van der Waals surface area contributed by atoms with Gasteiger partial charge in [0.15, 0.2) is 0 Å². The lowest BCUT2D eigenvalue weighted by molar-refractivity contribution is -0.0132. The molecule has 0 aromatic rings. The molecule has 0 bridgehead atoms. The van der Waals surface area contributed by atoms with Gasteiger partial charge in [0.25, 0.3) is 0 Å². The number of ether oxygens (including phenoxy) is 2. The summed E-state index contributed by atoms with van der Waals surface area (Å²) in [6.07, 6.45) is -0.518. The van der Waals surface area contributed by atoms with Crippen LogP contribution in [-0.4, -0.2) is 49.6 Å². The van der Waals surface area contributed by atoms with Crippen LogP contribution in [0.4, 0.5) is 0 Å². The Bertz CT molecular complexity index is 234. The zero-order valence-corrected chi connectivity index (χ0v) is 9.41. The standard InChI is InChI=1S/C6H12BO5PS/c1-10-3-5-4(2-6(7)11-5)12-13(8,9)14/h4-6H,2-3H2,1H3,(H2,8,9,14). The van der Waals surface area contributed by atoms with Crippen LogP contribution in [0.15, 0.2) is 0 Å². The van der Waals surface area contributed by atoms with Crippen LogP contribution in [0, 0.1) is 0 Å². The summed E-state index contributed by atoms with van der Waals surface area (Å²) in [6, 6.07) is -0.471. The molecule has 2 N–H and O–H groups in total. The predicted octanol–water partition coefficient (Wildman–Crippen LogP) is -0.489. The van der Waals surface area contributed by atoms with E-state index in [-0.39, 0.29) is 6.61 Å². The van der Waals surface area contributed by atoms with E-state index in [1.54, 1.807) is 0 Å². The van der Waals surface area contributed by atoms with Gasteiger partial charge in [0.1, 0.15) is 14.0 Å². The normalized spacial score (nSPS) is 33.5. The predicted molar refractivity (Wildman–Crippen MR) is 54.5 cm³/mol. The molecule has 0 aromatic carbocycles. The molecule has 3 atom stereocenters. The minimum absolute atomic E-state index is 0.285. The molecule has 1 aliphatic rings. The van der Waals surface area contributed by atoms with Crippen LogP contribution < -0.4 is 0 Å². The summed E-state index contributed by atoms with van der Waals surface area (Å²) >= 11 is 4.36. The molecule has 0 saturated carbocycles. The molecule has 1 saturated heterocycles. The first-order valence-electron chi connectivity index (χ1n) is 4.06. The highest BCUT2D eigenvalue weighted by atomic mass is 32.5. The first-order chi connectivity index (χ1) is 6.42. The van der Waals surface area contributed by atoms with Gasteiger partial charge in [-0.1, -0.05) is 0 Å². The van der Waals surface area contributed by atoms with Gasteiger partial charge < -0.3 is 23.8 Å². The van der Waals surface area contributed by atoms with E-state index in [1.807, 2.05) is 0 Å². The van der Waals surface area contributed by atoms with Gasteiger partial charge in [-0.3, -0.25) is 0 Å². The zero-order chi connectivity index (χ0) is 10.8. The smallest absolute Gasteiger partial charge is 0.322 e. The summed E-state index contributed by atoms with van der Waals surface area (Å²) < 4.78 is 15.0. The van der Waals surface area contributed by atoms with Crippen LogP contribution >= 0.6 is 6.72 Å². The number of hydrogen-bond acceptors (Lipinski definition) is 4. The van der Waals surface area contributed by atoms with E-state index in [0.717, 1.165) is 0 Å². The highest BCUT2D eigenvalue weighted by Gasteiger charge is 2.36. The van der Waals surface area contributed by atoms with Crippen molar-refractivity contribution in [1.29, 1.82) is 0 Å². The van der Waals surface area contributed by atoms with Gasteiger partial charge in [0.2, 0.25) is 0 Å². The lowest BCUT2D eigenvalue weighted by atomic mass is 9.96. The fourth-order valence-electron chi connectivity index (χ4n) is 1.35. The third kappa shape index (κ3) is 3.94. The zero-order valence-electron chi connectivity index (χ0n) is 7.70. The van der Waals surface area contributed by atoms with Crippen LogP contribution in [0.25, 0.3) is 0 Å². The molecule has 8 heteroatoms. The summed E-state index contributed by atoms with van der Waals surface area (Å²) in [6.45, 7) is -3.37. The Kier molecular flexibility index (Phi) is 4.52. The van der Waals surface area contributed by atoms with Crippen LogP contribution in [-0.2, 0) is 25.8 Å². The fourth-order valence-corrected chi connectivity index (χ4v) is 2.25. The third-order valence-electron chi connectivity index (χ3n) is 1.83. The molecule has 0 amide bonds. The topological polar surface area (TPSA) is 68.2 Å². The van der Waals surface area contributed by atoms with Crippen molar-refractivity contribution in [2.45, 2.75) is 24.6 Å². The van der Waals surface area contributed by atoms with Crippen LogP contribution in [0.1, 0.15) is 6.42 Å². The summed E-state index contributed by atoms with van der Waals surface area (Å²) in [5, 5.41) is 0. The van der Waals surface area contributed by atoms with Crippen molar-refractivity contribution < 1.29 is 23.8 Å². The van der Waals surface area contributed by atoms with E-state index < -0.39 is 24.9 Å². The molecular weight excluding hydrogens is 226 g/mol. The Labute approximate surface area is 89.0 Å². The number of hydrogen-bond donors (Lipinski definition) is 2. The molecule has 0 aliphatic carbocycles. The average Bonchev–Trinajstić information content (AvgIpc) is 2.28. The Balaban J connectivity index is 2.53. The summed E-state index contributed by atoms with van der Waals surface area (Å²) in [4.78, 5) is 17.9. The highest BCUT2D eigenvalue weighted by Crippen LogP contribution is 2.41. The van der Waals surface area contributed by atoms with E-state index in [0.29, 0.717) is 6.42 Å². The maximum absolute atomic E-state index is 8.97. The molecule has 1 rings (SSSR count). The van der Waals surface area contributed by atoms with Gasteiger partial charge in [0, 0.05) is 13.1 Å². The van der Waals surface area contributed by atoms with Gasteiger partial charge >= 0.3 is 6.72 Å². The Morgan fingerprint density at radius 1 is 1.64 bits per heavy atom. The van der Waals surface area contributed by atoms with Crippen molar-refractivity contribution in [2.24, 2.45) is 0 Å². The Morgan fingerprint density at radius 3 is 2.79 bits per heavy atom. The van der Waals surface area contributed by atoms with E-state index >= 15 is 0 Å². The summed E-state index contributed by atoms with van der Waals surface area (Å²) in [5.41, 5.74) is 0. The van der Waals surface area contributed by atoms with Crippen molar-refractivity contribution in [3.8, 4) is 0 Å². The first kappa shape index (κ1) is 12.6. The van der Waals surface area contributed by atoms with E-state index in [9.17, 15) is 0 Å². The molecule has 1 fully saturated rings. The van der Waals surface area contributed by atoms with E-state index in [4.69, 9.17) is 31.6 Å². The molecule has 0 spiro atoms. The quantitative estimate of drug-likeness (QED) is 0.508. The molecular formula is C6H12BO5PS. The van der Waals surface area contributed by atoms with Gasteiger partial charge in [-0.25, -0.2) is 0 Å². The molecule has 5 nitrogen and oxygen atoms in total. The second-order valence-corrected chi connectivity index (χ2v) is 5.66. The largest absolute Gasteiger partial charge is 0.382 e. The van der Waals surface area contributed by atoms with Crippen LogP contribution in [0.5, 0.6) is 0 Å². The van der Waals surface area contributed by atoms with Gasteiger partial charge in [-0.2, -0.15) is 0 Å². The molecule has 0 aromatic heterocycles. The van der Waals surface area contributed by atoms with Crippen molar-refractivity contribution in [3.05, 3.63) is 0 Å². The lowest BCUT2D eigenvalue weighted by Gasteiger charge is -2.20. The highest BCUT2D eigenvalue weighted by molar-refractivity contribution is 8.06. The monoisotopic (exact) mass is 238 g/mol. The van der Waals surface area contributed by atoms with E-state index in [1.165, 1.54) is 7.11 Å². The van der Waals surface area contributed by atoms with Crippen LogP contribution in [0.2, 0.25) is 0 Å². The number of methoxy groups -OCH3 is 1. The van der Waals surface area contributed by atoms with Crippen LogP contribution in [0.3, 0.4) is 0 Å². The second kappa shape index (κ2) is 5.03.